The minimum atomic E-state index is -0.755. The number of amides is 1. The Labute approximate surface area is 218 Å². The fourth-order valence-electron chi connectivity index (χ4n) is 5.90. The molecular weight excluding hydrogens is 460 g/mol. The van der Waals surface area contributed by atoms with Crippen molar-refractivity contribution in [1.29, 1.82) is 0 Å². The van der Waals surface area contributed by atoms with Gasteiger partial charge in [-0.15, -0.1) is 5.10 Å². The Morgan fingerprint density at radius 1 is 0.892 bits per heavy atom. The summed E-state index contributed by atoms with van der Waals surface area (Å²) in [5.41, 5.74) is 2.30. The van der Waals surface area contributed by atoms with Crippen molar-refractivity contribution in [2.75, 3.05) is 33.7 Å². The SMILES string of the molecule is CN(C)C(=O)C(CCN1CCC(c2ccccc2)(c2nnn[nH]2)CC1)(c1ccccc1)c1ccccc1. The molecule has 1 aromatic heterocycles. The molecule has 1 amide bonds. The average Bonchev–Trinajstić information content (AvgIpc) is 3.51. The zero-order valence-electron chi connectivity index (χ0n) is 21.5. The summed E-state index contributed by atoms with van der Waals surface area (Å²) in [5.74, 6) is 0.928. The van der Waals surface area contributed by atoms with Crippen molar-refractivity contribution in [2.45, 2.75) is 30.1 Å². The van der Waals surface area contributed by atoms with E-state index in [1.54, 1.807) is 4.90 Å². The summed E-state index contributed by atoms with van der Waals surface area (Å²) in [6, 6.07) is 31.0. The molecule has 3 aromatic carbocycles. The molecule has 0 unspecified atom stereocenters. The van der Waals surface area contributed by atoms with Crippen LogP contribution in [0.25, 0.3) is 0 Å². The maximum absolute atomic E-state index is 14.0. The minimum absolute atomic E-state index is 0.105. The van der Waals surface area contributed by atoms with E-state index in [4.69, 9.17) is 0 Å². The van der Waals surface area contributed by atoms with Crippen molar-refractivity contribution in [3.63, 3.8) is 0 Å². The molecule has 1 N–H and O–H groups in total. The van der Waals surface area contributed by atoms with E-state index in [-0.39, 0.29) is 11.3 Å². The number of likely N-dealkylation sites (N-methyl/N-ethyl adjacent to an activating group) is 1. The summed E-state index contributed by atoms with van der Waals surface area (Å²) in [4.78, 5) is 18.2. The van der Waals surface area contributed by atoms with Crippen LogP contribution in [0, 0.1) is 0 Å². The highest BCUT2D eigenvalue weighted by Crippen LogP contribution is 2.41. The van der Waals surface area contributed by atoms with Crippen molar-refractivity contribution in [1.82, 2.24) is 30.4 Å². The van der Waals surface area contributed by atoms with Crippen molar-refractivity contribution in [3.05, 3.63) is 114 Å². The van der Waals surface area contributed by atoms with Gasteiger partial charge in [-0.05, 0) is 66.0 Å². The largest absolute Gasteiger partial charge is 0.348 e. The fourth-order valence-corrected chi connectivity index (χ4v) is 5.90. The lowest BCUT2D eigenvalue weighted by atomic mass is 9.70. The number of H-pyrrole nitrogens is 1. The van der Waals surface area contributed by atoms with Crippen LogP contribution in [-0.2, 0) is 15.6 Å². The van der Waals surface area contributed by atoms with E-state index in [9.17, 15) is 4.79 Å². The highest BCUT2D eigenvalue weighted by atomic mass is 16.2. The number of carbonyl (C=O) groups is 1. The van der Waals surface area contributed by atoms with Crippen LogP contribution >= 0.6 is 0 Å². The number of aromatic amines is 1. The first-order valence-electron chi connectivity index (χ1n) is 12.9. The quantitative estimate of drug-likeness (QED) is 0.400. The molecule has 0 aliphatic carbocycles. The van der Waals surface area contributed by atoms with Crippen LogP contribution in [0.4, 0.5) is 0 Å². The Morgan fingerprint density at radius 3 is 1.92 bits per heavy atom. The van der Waals surface area contributed by atoms with Gasteiger partial charge in [0, 0.05) is 14.1 Å². The summed E-state index contributed by atoms with van der Waals surface area (Å²) in [5, 5.41) is 15.1. The molecule has 2 heterocycles. The fraction of sp³-hybridized carbons (Fsp3) is 0.333. The highest BCUT2D eigenvalue weighted by molar-refractivity contribution is 5.91. The van der Waals surface area contributed by atoms with Gasteiger partial charge in [-0.2, -0.15) is 0 Å². The lowest BCUT2D eigenvalue weighted by Gasteiger charge is -2.42. The van der Waals surface area contributed by atoms with E-state index in [2.05, 4.69) is 74.1 Å². The Morgan fingerprint density at radius 2 is 1.43 bits per heavy atom. The van der Waals surface area contributed by atoms with Gasteiger partial charge < -0.3 is 9.80 Å². The van der Waals surface area contributed by atoms with Crippen molar-refractivity contribution in [2.24, 2.45) is 0 Å². The van der Waals surface area contributed by atoms with Gasteiger partial charge in [0.25, 0.3) is 0 Å². The third-order valence-electron chi connectivity index (χ3n) is 7.94. The van der Waals surface area contributed by atoms with E-state index >= 15 is 0 Å². The molecule has 0 bridgehead atoms. The lowest BCUT2D eigenvalue weighted by Crippen LogP contribution is -2.49. The number of rotatable bonds is 8. The number of likely N-dealkylation sites (tertiary alicyclic amines) is 1. The van der Waals surface area contributed by atoms with Gasteiger partial charge >= 0.3 is 0 Å². The van der Waals surface area contributed by atoms with E-state index in [0.717, 1.165) is 49.4 Å². The minimum Gasteiger partial charge on any atom is -0.348 e. The smallest absolute Gasteiger partial charge is 0.237 e. The van der Waals surface area contributed by atoms with E-state index in [1.807, 2.05) is 56.6 Å². The Kier molecular flexibility index (Phi) is 7.15. The normalized spacial score (nSPS) is 15.8. The first-order valence-corrected chi connectivity index (χ1v) is 12.9. The molecule has 7 heteroatoms. The van der Waals surface area contributed by atoms with E-state index in [0.29, 0.717) is 6.42 Å². The summed E-state index contributed by atoms with van der Waals surface area (Å²) in [6.45, 7) is 2.60. The summed E-state index contributed by atoms with van der Waals surface area (Å²) in [6.07, 6.45) is 2.50. The molecule has 1 aliphatic heterocycles. The highest BCUT2D eigenvalue weighted by Gasteiger charge is 2.45. The third-order valence-corrected chi connectivity index (χ3v) is 7.94. The standard InChI is InChI=1S/C30H34N6O/c1-35(2)28(37)30(25-14-8-4-9-15-25,26-16-10-5-11-17-26)20-23-36-21-18-29(19-22-36,27-31-33-34-32-27)24-12-6-3-7-13-24/h3-17H,18-23H2,1-2H3,(H,31,32,33,34). The maximum Gasteiger partial charge on any atom is 0.237 e. The second kappa shape index (κ2) is 10.6. The van der Waals surface area contributed by atoms with Gasteiger partial charge in [-0.25, -0.2) is 5.10 Å². The number of piperidine rings is 1. The van der Waals surface area contributed by atoms with Crippen LogP contribution < -0.4 is 0 Å². The summed E-state index contributed by atoms with van der Waals surface area (Å²) >= 11 is 0. The number of benzene rings is 3. The second-order valence-electron chi connectivity index (χ2n) is 10.1. The molecule has 1 saturated heterocycles. The number of aromatic nitrogens is 4. The number of carbonyl (C=O) groups excluding carboxylic acids is 1. The molecule has 37 heavy (non-hydrogen) atoms. The van der Waals surface area contributed by atoms with Crippen LogP contribution in [-0.4, -0.2) is 70.1 Å². The Bertz CT molecular complexity index is 1230. The predicted octanol–water partition coefficient (Wildman–Crippen LogP) is 4.05. The van der Waals surface area contributed by atoms with Crippen molar-refractivity contribution < 1.29 is 4.79 Å². The van der Waals surface area contributed by atoms with Gasteiger partial charge in [0.15, 0.2) is 5.82 Å². The number of nitrogens with one attached hydrogen (secondary N) is 1. The average molecular weight is 495 g/mol. The molecule has 0 spiro atoms. The number of hydrogen-bond donors (Lipinski definition) is 1. The van der Waals surface area contributed by atoms with Crippen LogP contribution in [0.5, 0.6) is 0 Å². The van der Waals surface area contributed by atoms with Gasteiger partial charge in [-0.1, -0.05) is 91.0 Å². The van der Waals surface area contributed by atoms with Crippen LogP contribution in [0.3, 0.4) is 0 Å². The molecule has 1 aliphatic rings. The molecular formula is C30H34N6O. The van der Waals surface area contributed by atoms with Gasteiger partial charge in [0.05, 0.1) is 5.41 Å². The van der Waals surface area contributed by atoms with E-state index < -0.39 is 5.41 Å². The van der Waals surface area contributed by atoms with Gasteiger partial charge in [-0.3, -0.25) is 4.79 Å². The number of nitrogens with zero attached hydrogens (tertiary/aromatic N) is 5. The first-order chi connectivity index (χ1) is 18.1. The lowest BCUT2D eigenvalue weighted by molar-refractivity contribution is -0.133. The Balaban J connectivity index is 1.43. The summed E-state index contributed by atoms with van der Waals surface area (Å²) < 4.78 is 0. The molecule has 190 valence electrons. The van der Waals surface area contributed by atoms with Crippen LogP contribution in [0.2, 0.25) is 0 Å². The topological polar surface area (TPSA) is 78.0 Å². The van der Waals surface area contributed by atoms with Gasteiger partial charge in [0.2, 0.25) is 5.91 Å². The second-order valence-corrected chi connectivity index (χ2v) is 10.1. The predicted molar refractivity (Wildman–Crippen MR) is 144 cm³/mol. The Hall–Kier alpha value is -3.84. The van der Waals surface area contributed by atoms with Crippen LogP contribution in [0.1, 0.15) is 41.8 Å². The molecule has 0 radical (unpaired) electrons. The van der Waals surface area contributed by atoms with E-state index in [1.165, 1.54) is 5.56 Å². The molecule has 4 aromatic rings. The number of hydrogen-bond acceptors (Lipinski definition) is 5. The molecule has 5 rings (SSSR count). The monoisotopic (exact) mass is 494 g/mol. The van der Waals surface area contributed by atoms with Crippen LogP contribution in [0.15, 0.2) is 91.0 Å². The molecule has 1 fully saturated rings. The zero-order valence-corrected chi connectivity index (χ0v) is 21.5. The third kappa shape index (κ3) is 4.67. The van der Waals surface area contributed by atoms with Gasteiger partial charge in [0.1, 0.15) is 5.41 Å². The summed E-state index contributed by atoms with van der Waals surface area (Å²) in [7, 11) is 3.70. The molecule has 0 saturated carbocycles. The zero-order chi connectivity index (χ0) is 25.7. The molecule has 0 atom stereocenters. The first kappa shape index (κ1) is 24.8. The number of tetrazole rings is 1. The maximum atomic E-state index is 14.0. The van der Waals surface area contributed by atoms with Crippen molar-refractivity contribution in [3.8, 4) is 0 Å². The van der Waals surface area contributed by atoms with Crippen molar-refractivity contribution >= 4 is 5.91 Å². The molecule has 7 nitrogen and oxygen atoms in total.